The number of aliphatic hydroxyl groups is 1. The maximum Gasteiger partial charge on any atom is 0.172 e. The van der Waals surface area contributed by atoms with E-state index < -0.39 is 11.6 Å². The van der Waals surface area contributed by atoms with E-state index in [0.29, 0.717) is 13.0 Å². The quantitative estimate of drug-likeness (QED) is 0.609. The SMILES string of the molecule is CC1(C)CC2(CC(C)(C)N1)OC(CCO)C1OC3(CC(C)(C)NC(C)(C)C3)OCC1O2. The first-order valence-electron chi connectivity index (χ1n) is 11.9. The highest BCUT2D eigenvalue weighted by molar-refractivity contribution is 5.07. The lowest BCUT2D eigenvalue weighted by molar-refractivity contribution is -0.437. The van der Waals surface area contributed by atoms with Crippen molar-refractivity contribution in [3.8, 4) is 0 Å². The first-order chi connectivity index (χ1) is 14.1. The molecule has 4 heterocycles. The van der Waals surface area contributed by atoms with Gasteiger partial charge in [-0.15, -0.1) is 0 Å². The summed E-state index contributed by atoms with van der Waals surface area (Å²) in [5, 5.41) is 17.3. The van der Waals surface area contributed by atoms with Gasteiger partial charge in [-0.05, 0) is 61.8 Å². The summed E-state index contributed by atoms with van der Waals surface area (Å²) in [4.78, 5) is 0. The Morgan fingerprint density at radius 2 is 1.19 bits per heavy atom. The number of rotatable bonds is 2. The predicted molar refractivity (Wildman–Crippen MR) is 119 cm³/mol. The third kappa shape index (κ3) is 4.98. The monoisotopic (exact) mass is 440 g/mol. The molecule has 4 rings (SSSR count). The Hall–Kier alpha value is -0.280. The molecule has 4 saturated heterocycles. The van der Waals surface area contributed by atoms with Crippen LogP contribution in [-0.2, 0) is 18.9 Å². The summed E-state index contributed by atoms with van der Waals surface area (Å²) in [6.45, 7) is 18.1. The van der Waals surface area contributed by atoms with Gasteiger partial charge in [0, 0.05) is 54.4 Å². The van der Waals surface area contributed by atoms with Crippen molar-refractivity contribution >= 4 is 0 Å². The molecule has 3 unspecified atom stereocenters. The Bertz CT molecular complexity index is 657. The zero-order valence-corrected chi connectivity index (χ0v) is 20.8. The molecule has 7 heteroatoms. The second-order valence-corrected chi connectivity index (χ2v) is 13.0. The standard InChI is InChI=1S/C24H44N2O5/c1-19(2)12-23(13-20(3,4)25-19)28-11-17-18(31-23)16(9-10-27)29-24(30-17)14-21(5,6)26-22(7,8)15-24/h16-18,25-27H,9-15H2,1-8H3. The van der Waals surface area contributed by atoms with Crippen LogP contribution in [0, 0.1) is 0 Å². The van der Waals surface area contributed by atoms with Gasteiger partial charge in [0.15, 0.2) is 11.6 Å². The van der Waals surface area contributed by atoms with Gasteiger partial charge >= 0.3 is 0 Å². The van der Waals surface area contributed by atoms with Crippen LogP contribution in [0.2, 0.25) is 0 Å². The molecule has 3 atom stereocenters. The van der Waals surface area contributed by atoms with E-state index in [4.69, 9.17) is 18.9 Å². The van der Waals surface area contributed by atoms with E-state index in [2.05, 4.69) is 66.0 Å². The van der Waals surface area contributed by atoms with E-state index in [0.717, 1.165) is 25.7 Å². The molecule has 2 spiro atoms. The average molecular weight is 441 g/mol. The van der Waals surface area contributed by atoms with Gasteiger partial charge in [-0.25, -0.2) is 0 Å². The van der Waals surface area contributed by atoms with Crippen molar-refractivity contribution in [2.24, 2.45) is 0 Å². The summed E-state index contributed by atoms with van der Waals surface area (Å²) in [5.41, 5.74) is -0.471. The predicted octanol–water partition coefficient (Wildman–Crippen LogP) is 2.84. The van der Waals surface area contributed by atoms with E-state index in [1.807, 2.05) is 0 Å². The lowest BCUT2D eigenvalue weighted by atomic mass is 9.77. The lowest BCUT2D eigenvalue weighted by Gasteiger charge is -2.61. The van der Waals surface area contributed by atoms with E-state index in [1.165, 1.54) is 0 Å². The first-order valence-corrected chi connectivity index (χ1v) is 11.9. The summed E-state index contributed by atoms with van der Waals surface area (Å²) in [6.07, 6.45) is 2.84. The zero-order valence-electron chi connectivity index (χ0n) is 20.8. The number of hydrogen-bond donors (Lipinski definition) is 3. The molecule has 0 aromatic rings. The number of nitrogens with one attached hydrogen (secondary N) is 2. The van der Waals surface area contributed by atoms with Crippen LogP contribution in [0.4, 0.5) is 0 Å². The molecule has 4 aliphatic rings. The van der Waals surface area contributed by atoms with Gasteiger partial charge < -0.3 is 34.7 Å². The van der Waals surface area contributed by atoms with Gasteiger partial charge in [0.1, 0.15) is 12.2 Å². The van der Waals surface area contributed by atoms with E-state index in [9.17, 15) is 5.11 Å². The van der Waals surface area contributed by atoms with Gasteiger partial charge in [-0.1, -0.05) is 0 Å². The van der Waals surface area contributed by atoms with E-state index >= 15 is 0 Å². The van der Waals surface area contributed by atoms with Crippen molar-refractivity contribution in [3.05, 3.63) is 0 Å². The minimum atomic E-state index is -0.705. The minimum Gasteiger partial charge on any atom is -0.396 e. The third-order valence-electron chi connectivity index (χ3n) is 6.94. The molecule has 0 saturated carbocycles. The fraction of sp³-hybridized carbons (Fsp3) is 1.00. The van der Waals surface area contributed by atoms with Crippen LogP contribution in [0.1, 0.15) is 87.5 Å². The Labute approximate surface area is 187 Å². The Kier molecular flexibility index (Phi) is 5.66. The van der Waals surface area contributed by atoms with Gasteiger partial charge in [0.2, 0.25) is 0 Å². The molecule has 0 aliphatic carbocycles. The van der Waals surface area contributed by atoms with Crippen LogP contribution in [0.25, 0.3) is 0 Å². The molecular weight excluding hydrogens is 396 g/mol. The largest absolute Gasteiger partial charge is 0.396 e. The molecule has 0 aromatic carbocycles. The fourth-order valence-corrected chi connectivity index (χ4v) is 7.28. The molecule has 0 bridgehead atoms. The summed E-state index contributed by atoms with van der Waals surface area (Å²) in [6, 6.07) is 0. The van der Waals surface area contributed by atoms with Crippen molar-refractivity contribution in [2.45, 2.75) is 140 Å². The van der Waals surface area contributed by atoms with Crippen LogP contribution in [-0.4, -0.2) is 70.4 Å². The highest BCUT2D eigenvalue weighted by Gasteiger charge is 2.60. The van der Waals surface area contributed by atoms with Gasteiger partial charge in [-0.2, -0.15) is 0 Å². The molecule has 0 amide bonds. The minimum absolute atomic E-state index is 0.0603. The summed E-state index contributed by atoms with van der Waals surface area (Å²) >= 11 is 0. The van der Waals surface area contributed by atoms with Crippen molar-refractivity contribution in [3.63, 3.8) is 0 Å². The number of aliphatic hydroxyl groups excluding tert-OH is 1. The third-order valence-corrected chi connectivity index (χ3v) is 6.94. The fourth-order valence-electron chi connectivity index (χ4n) is 7.28. The average Bonchev–Trinajstić information content (AvgIpc) is 2.49. The van der Waals surface area contributed by atoms with Crippen LogP contribution in [0.3, 0.4) is 0 Å². The smallest absolute Gasteiger partial charge is 0.172 e. The molecular formula is C24H44N2O5. The maximum absolute atomic E-state index is 9.84. The molecule has 0 aromatic heterocycles. The second-order valence-electron chi connectivity index (χ2n) is 13.0. The number of piperidine rings is 2. The molecule has 3 N–H and O–H groups in total. The number of hydrogen-bond acceptors (Lipinski definition) is 7. The normalized spacial score (nSPS) is 39.2. The summed E-state index contributed by atoms with van der Waals surface area (Å²) < 4.78 is 26.7. The molecule has 0 radical (unpaired) electrons. The van der Waals surface area contributed by atoms with Crippen molar-refractivity contribution < 1.29 is 24.1 Å². The molecule has 4 fully saturated rings. The Morgan fingerprint density at radius 1 is 0.710 bits per heavy atom. The molecule has 4 aliphatic heterocycles. The Balaban J connectivity index is 1.60. The van der Waals surface area contributed by atoms with Crippen LogP contribution >= 0.6 is 0 Å². The van der Waals surface area contributed by atoms with Crippen LogP contribution < -0.4 is 10.6 Å². The topological polar surface area (TPSA) is 81.2 Å². The summed E-state index contributed by atoms with van der Waals surface area (Å²) in [7, 11) is 0. The number of ether oxygens (including phenoxy) is 4. The van der Waals surface area contributed by atoms with E-state index in [1.54, 1.807) is 0 Å². The van der Waals surface area contributed by atoms with Gasteiger partial charge in [0.25, 0.3) is 0 Å². The molecule has 7 nitrogen and oxygen atoms in total. The van der Waals surface area contributed by atoms with Crippen LogP contribution in [0.15, 0.2) is 0 Å². The van der Waals surface area contributed by atoms with Crippen molar-refractivity contribution in [1.82, 2.24) is 10.6 Å². The van der Waals surface area contributed by atoms with Crippen molar-refractivity contribution in [1.29, 1.82) is 0 Å². The second kappa shape index (κ2) is 7.36. The van der Waals surface area contributed by atoms with Crippen molar-refractivity contribution in [2.75, 3.05) is 13.2 Å². The highest BCUT2D eigenvalue weighted by atomic mass is 16.8. The maximum atomic E-state index is 9.84. The molecule has 180 valence electrons. The lowest BCUT2D eigenvalue weighted by Crippen LogP contribution is -2.73. The zero-order chi connectivity index (χ0) is 22.9. The van der Waals surface area contributed by atoms with Crippen LogP contribution in [0.5, 0.6) is 0 Å². The van der Waals surface area contributed by atoms with Gasteiger partial charge in [-0.3, -0.25) is 0 Å². The van der Waals surface area contributed by atoms with Gasteiger partial charge in [0.05, 0.1) is 12.7 Å². The molecule has 31 heavy (non-hydrogen) atoms. The number of fused-ring (bicyclic) bond motifs is 1. The Morgan fingerprint density at radius 3 is 1.68 bits per heavy atom. The summed E-state index contributed by atoms with van der Waals surface area (Å²) in [5.74, 6) is -1.37. The van der Waals surface area contributed by atoms with E-state index in [-0.39, 0.29) is 47.1 Å². The highest BCUT2D eigenvalue weighted by Crippen LogP contribution is 2.49. The first kappa shape index (κ1) is 23.9.